The van der Waals surface area contributed by atoms with Gasteiger partial charge in [-0.05, 0) is 32.0 Å². The van der Waals surface area contributed by atoms with Gasteiger partial charge in [-0.25, -0.2) is 8.42 Å². The summed E-state index contributed by atoms with van der Waals surface area (Å²) in [7, 11) is -3.80. The Morgan fingerprint density at radius 3 is 2.61 bits per heavy atom. The van der Waals surface area contributed by atoms with Gasteiger partial charge in [0.1, 0.15) is 5.25 Å². The molecule has 0 fully saturated rings. The first kappa shape index (κ1) is 14.8. The van der Waals surface area contributed by atoms with E-state index in [1.807, 2.05) is 0 Å². The van der Waals surface area contributed by atoms with E-state index >= 15 is 0 Å². The van der Waals surface area contributed by atoms with Gasteiger partial charge in [0.25, 0.3) is 0 Å². The van der Waals surface area contributed by atoms with Gasteiger partial charge >= 0.3 is 0 Å². The van der Waals surface area contributed by atoms with E-state index in [1.54, 1.807) is 6.92 Å². The predicted octanol–water partition coefficient (Wildman–Crippen LogP) is 1.22. The van der Waals surface area contributed by atoms with Gasteiger partial charge in [-0.15, -0.1) is 0 Å². The quantitative estimate of drug-likeness (QED) is 0.816. The topological polar surface area (TPSA) is 89.3 Å². The SMILES string of the molecule is CCNC(=O)C(C)S(=O)(=O)c1ccc(Cl)cc1N. The van der Waals surface area contributed by atoms with Crippen LogP contribution in [0, 0.1) is 0 Å². The van der Waals surface area contributed by atoms with Crippen molar-refractivity contribution in [2.75, 3.05) is 12.3 Å². The summed E-state index contributed by atoms with van der Waals surface area (Å²) in [5.41, 5.74) is 5.66. The number of nitrogen functional groups attached to an aromatic ring is 1. The zero-order chi connectivity index (χ0) is 13.9. The molecule has 1 amide bonds. The maximum atomic E-state index is 12.2. The van der Waals surface area contributed by atoms with Gasteiger partial charge in [-0.1, -0.05) is 11.6 Å². The average molecular weight is 291 g/mol. The second-order valence-corrected chi connectivity index (χ2v) is 6.44. The molecule has 0 bridgehead atoms. The lowest BCUT2D eigenvalue weighted by Crippen LogP contribution is -2.37. The first-order valence-corrected chi connectivity index (χ1v) is 7.29. The molecule has 100 valence electrons. The molecule has 5 nitrogen and oxygen atoms in total. The first-order valence-electron chi connectivity index (χ1n) is 5.37. The molecule has 1 aromatic rings. The first-order chi connectivity index (χ1) is 8.30. The lowest BCUT2D eigenvalue weighted by atomic mass is 10.3. The third-order valence-electron chi connectivity index (χ3n) is 2.46. The lowest BCUT2D eigenvalue weighted by molar-refractivity contribution is -0.120. The number of hydrogen-bond acceptors (Lipinski definition) is 4. The normalized spacial score (nSPS) is 13.1. The van der Waals surface area contributed by atoms with E-state index in [2.05, 4.69) is 5.32 Å². The zero-order valence-corrected chi connectivity index (χ0v) is 11.7. The minimum Gasteiger partial charge on any atom is -0.398 e. The lowest BCUT2D eigenvalue weighted by Gasteiger charge is -2.14. The van der Waals surface area contributed by atoms with E-state index in [-0.39, 0.29) is 10.6 Å². The van der Waals surface area contributed by atoms with Crippen molar-refractivity contribution in [1.29, 1.82) is 0 Å². The number of nitrogens with one attached hydrogen (secondary N) is 1. The highest BCUT2D eigenvalue weighted by Crippen LogP contribution is 2.25. The summed E-state index contributed by atoms with van der Waals surface area (Å²) in [6.45, 7) is 3.41. The van der Waals surface area contributed by atoms with Gasteiger partial charge in [0.05, 0.1) is 10.6 Å². The number of anilines is 1. The molecule has 0 aliphatic carbocycles. The van der Waals surface area contributed by atoms with Gasteiger partial charge in [0, 0.05) is 11.6 Å². The highest BCUT2D eigenvalue weighted by molar-refractivity contribution is 7.93. The highest BCUT2D eigenvalue weighted by Gasteiger charge is 2.30. The Bertz CT molecular complexity index is 557. The van der Waals surface area contributed by atoms with Crippen molar-refractivity contribution in [3.63, 3.8) is 0 Å². The monoisotopic (exact) mass is 290 g/mol. The molecule has 1 aromatic carbocycles. The van der Waals surface area contributed by atoms with E-state index in [0.29, 0.717) is 11.6 Å². The molecule has 7 heteroatoms. The standard InChI is InChI=1S/C11H15ClN2O3S/c1-3-14-11(15)7(2)18(16,17)10-5-4-8(12)6-9(10)13/h4-7H,3,13H2,1-2H3,(H,14,15). The van der Waals surface area contributed by atoms with Crippen molar-refractivity contribution in [1.82, 2.24) is 5.32 Å². The molecule has 0 radical (unpaired) electrons. The molecule has 18 heavy (non-hydrogen) atoms. The van der Waals surface area contributed by atoms with E-state index in [0.717, 1.165) is 0 Å². The Morgan fingerprint density at radius 1 is 1.50 bits per heavy atom. The molecule has 1 rings (SSSR count). The molecule has 1 unspecified atom stereocenters. The van der Waals surface area contributed by atoms with E-state index in [4.69, 9.17) is 17.3 Å². The molecular weight excluding hydrogens is 276 g/mol. The van der Waals surface area contributed by atoms with Crippen molar-refractivity contribution >= 4 is 33.0 Å². The molecule has 0 aliphatic heterocycles. The van der Waals surface area contributed by atoms with Crippen LogP contribution in [0.3, 0.4) is 0 Å². The van der Waals surface area contributed by atoms with Crippen LogP contribution in [0.1, 0.15) is 13.8 Å². The summed E-state index contributed by atoms with van der Waals surface area (Å²) in [5, 5.41) is 1.62. The van der Waals surface area contributed by atoms with Crippen molar-refractivity contribution in [2.24, 2.45) is 0 Å². The molecule has 0 saturated heterocycles. The number of benzene rings is 1. The molecule has 0 aliphatic rings. The number of sulfone groups is 1. The smallest absolute Gasteiger partial charge is 0.238 e. The van der Waals surface area contributed by atoms with E-state index in [9.17, 15) is 13.2 Å². The zero-order valence-electron chi connectivity index (χ0n) is 10.1. The van der Waals surface area contributed by atoms with Gasteiger partial charge in [0.15, 0.2) is 9.84 Å². The van der Waals surface area contributed by atoms with Gasteiger partial charge in [-0.2, -0.15) is 0 Å². The number of amides is 1. The van der Waals surface area contributed by atoms with Gasteiger partial charge in [0.2, 0.25) is 5.91 Å². The third-order valence-corrected chi connectivity index (χ3v) is 4.83. The Labute approximate surface area is 111 Å². The number of hydrogen-bond donors (Lipinski definition) is 2. The number of carbonyl (C=O) groups excluding carboxylic acids is 1. The van der Waals surface area contributed by atoms with E-state index in [1.165, 1.54) is 25.1 Å². The van der Waals surface area contributed by atoms with Crippen LogP contribution < -0.4 is 11.1 Å². The number of rotatable bonds is 4. The van der Waals surface area contributed by atoms with E-state index < -0.39 is 21.0 Å². The fourth-order valence-corrected chi connectivity index (χ4v) is 3.00. The van der Waals surface area contributed by atoms with Crippen molar-refractivity contribution in [3.8, 4) is 0 Å². The molecule has 0 spiro atoms. The fraction of sp³-hybridized carbons (Fsp3) is 0.364. The molecular formula is C11H15ClN2O3S. The molecule has 0 aromatic heterocycles. The van der Waals surface area contributed by atoms with Crippen LogP contribution in [0.2, 0.25) is 5.02 Å². The van der Waals surface area contributed by atoms with Crippen molar-refractivity contribution in [3.05, 3.63) is 23.2 Å². The number of carbonyl (C=O) groups is 1. The van der Waals surface area contributed by atoms with Gasteiger partial charge < -0.3 is 11.1 Å². The Hall–Kier alpha value is -1.27. The fourth-order valence-electron chi connectivity index (χ4n) is 1.43. The Kier molecular flexibility index (Phi) is 4.59. The number of nitrogens with two attached hydrogens (primary N) is 1. The van der Waals surface area contributed by atoms with Gasteiger partial charge in [-0.3, -0.25) is 4.79 Å². The number of halogens is 1. The summed E-state index contributed by atoms with van der Waals surface area (Å²) in [6.07, 6.45) is 0. The molecule has 3 N–H and O–H groups in total. The molecule has 1 atom stereocenters. The molecule has 0 saturated carbocycles. The second kappa shape index (κ2) is 5.58. The summed E-state index contributed by atoms with van der Waals surface area (Å²) < 4.78 is 24.4. The summed E-state index contributed by atoms with van der Waals surface area (Å²) in [4.78, 5) is 11.5. The largest absolute Gasteiger partial charge is 0.398 e. The Balaban J connectivity index is 3.17. The third kappa shape index (κ3) is 2.94. The minimum absolute atomic E-state index is 0.0404. The average Bonchev–Trinajstić information content (AvgIpc) is 2.27. The van der Waals surface area contributed by atoms with Crippen LogP contribution in [0.15, 0.2) is 23.1 Å². The minimum atomic E-state index is -3.80. The van der Waals surface area contributed by atoms with Crippen LogP contribution in [0.4, 0.5) is 5.69 Å². The summed E-state index contributed by atoms with van der Waals surface area (Å²) >= 11 is 5.70. The maximum absolute atomic E-state index is 12.2. The van der Waals surface area contributed by atoms with Crippen LogP contribution in [-0.4, -0.2) is 26.1 Å². The second-order valence-electron chi connectivity index (χ2n) is 3.76. The maximum Gasteiger partial charge on any atom is 0.238 e. The van der Waals surface area contributed by atoms with Crippen LogP contribution in [0.25, 0.3) is 0 Å². The van der Waals surface area contributed by atoms with Crippen LogP contribution >= 0.6 is 11.6 Å². The Morgan fingerprint density at radius 2 is 2.11 bits per heavy atom. The van der Waals surface area contributed by atoms with Crippen LogP contribution in [-0.2, 0) is 14.6 Å². The summed E-state index contributed by atoms with van der Waals surface area (Å²) in [5.74, 6) is -0.549. The van der Waals surface area contributed by atoms with Crippen molar-refractivity contribution < 1.29 is 13.2 Å². The van der Waals surface area contributed by atoms with Crippen molar-refractivity contribution in [2.45, 2.75) is 24.0 Å². The highest BCUT2D eigenvalue weighted by atomic mass is 35.5. The summed E-state index contributed by atoms with van der Waals surface area (Å²) in [6, 6.07) is 4.08. The van der Waals surface area contributed by atoms with Crippen LogP contribution in [0.5, 0.6) is 0 Å². The molecule has 0 heterocycles. The predicted molar refractivity (Wildman–Crippen MR) is 71.2 cm³/mol.